The van der Waals surface area contributed by atoms with Gasteiger partial charge in [-0.1, -0.05) is 12.1 Å². The van der Waals surface area contributed by atoms with Crippen molar-refractivity contribution in [1.29, 1.82) is 0 Å². The van der Waals surface area contributed by atoms with E-state index in [1.165, 1.54) is 12.1 Å². The van der Waals surface area contributed by atoms with Crippen LogP contribution < -0.4 is 20.1 Å². The van der Waals surface area contributed by atoms with Crippen LogP contribution in [-0.4, -0.2) is 44.8 Å². The van der Waals surface area contributed by atoms with Crippen LogP contribution in [0, 0.1) is 5.82 Å². The topological polar surface area (TPSA) is 62.8 Å². The van der Waals surface area contributed by atoms with Gasteiger partial charge in [0, 0.05) is 12.6 Å². The van der Waals surface area contributed by atoms with E-state index in [0.29, 0.717) is 12.3 Å². The van der Waals surface area contributed by atoms with Gasteiger partial charge in [-0.3, -0.25) is 0 Å². The van der Waals surface area contributed by atoms with E-state index in [1.54, 1.807) is 13.2 Å². The number of urea groups is 1. The summed E-state index contributed by atoms with van der Waals surface area (Å²) in [5.74, 6) is 0.644. The van der Waals surface area contributed by atoms with Crippen LogP contribution in [0.25, 0.3) is 0 Å². The van der Waals surface area contributed by atoms with Crippen LogP contribution in [-0.2, 0) is 0 Å². The second-order valence-corrected chi connectivity index (χ2v) is 6.90. The average molecular weight is 389 g/mol. The van der Waals surface area contributed by atoms with Crippen molar-refractivity contribution < 1.29 is 18.7 Å². The molecule has 1 unspecified atom stereocenters. The highest BCUT2D eigenvalue weighted by atomic mass is 19.1. The molecule has 0 spiro atoms. The van der Waals surface area contributed by atoms with E-state index in [-0.39, 0.29) is 17.8 Å². The Morgan fingerprint density at radius 3 is 2.29 bits per heavy atom. The Hall–Kier alpha value is -2.80. The number of ether oxygens (including phenoxy) is 2. The number of methoxy groups -OCH3 is 1. The van der Waals surface area contributed by atoms with Gasteiger partial charge in [0.2, 0.25) is 0 Å². The number of benzene rings is 2. The zero-order valence-corrected chi connectivity index (χ0v) is 17.0. The number of nitrogens with zero attached hydrogens (tertiary/aromatic N) is 1. The number of anilines is 1. The normalized spacial score (nSPS) is 12.0. The maximum Gasteiger partial charge on any atom is 0.319 e. The van der Waals surface area contributed by atoms with Crippen molar-refractivity contribution in [1.82, 2.24) is 10.2 Å². The molecule has 0 aromatic heterocycles. The molecule has 1 atom stereocenters. The second kappa shape index (κ2) is 9.94. The smallest absolute Gasteiger partial charge is 0.319 e. The molecule has 28 heavy (non-hydrogen) atoms. The summed E-state index contributed by atoms with van der Waals surface area (Å²) in [5, 5.41) is 5.33. The number of carbonyl (C=O) groups excluding carboxylic acids is 1. The van der Waals surface area contributed by atoms with Gasteiger partial charge in [0.1, 0.15) is 17.3 Å². The Balaban J connectivity index is 1.97. The van der Waals surface area contributed by atoms with E-state index in [1.807, 2.05) is 57.1 Å². The van der Waals surface area contributed by atoms with Crippen LogP contribution in [0.3, 0.4) is 0 Å². The van der Waals surface area contributed by atoms with Crippen LogP contribution in [0.5, 0.6) is 11.5 Å². The number of nitrogens with one attached hydrogen (secondary N) is 2. The lowest BCUT2D eigenvalue weighted by atomic mass is 10.1. The van der Waals surface area contributed by atoms with Crippen LogP contribution in [0.1, 0.15) is 25.5 Å². The third kappa shape index (κ3) is 6.13. The third-order valence-electron chi connectivity index (χ3n) is 4.14. The van der Waals surface area contributed by atoms with E-state index in [0.717, 1.165) is 11.3 Å². The molecule has 0 bridgehead atoms. The average Bonchev–Trinajstić information content (AvgIpc) is 2.64. The molecule has 0 saturated heterocycles. The molecule has 0 aliphatic carbocycles. The van der Waals surface area contributed by atoms with Crippen molar-refractivity contribution in [2.45, 2.75) is 26.0 Å². The minimum atomic E-state index is -0.549. The number of halogens is 1. The highest BCUT2D eigenvalue weighted by Crippen LogP contribution is 2.22. The minimum absolute atomic E-state index is 0.0386. The molecule has 7 heteroatoms. The Labute approximate surface area is 165 Å². The molecular formula is C21H28FN3O3. The molecular weight excluding hydrogens is 361 g/mol. The van der Waals surface area contributed by atoms with E-state index in [4.69, 9.17) is 9.47 Å². The maximum absolute atomic E-state index is 14.2. The fourth-order valence-electron chi connectivity index (χ4n) is 2.72. The number of rotatable bonds is 8. The predicted molar refractivity (Wildman–Crippen MR) is 109 cm³/mol. The molecule has 2 aromatic rings. The molecule has 0 saturated carbocycles. The minimum Gasteiger partial charge on any atom is -0.497 e. The number of amides is 2. The predicted octanol–water partition coefficient (Wildman–Crippen LogP) is 4.05. The van der Waals surface area contributed by atoms with Gasteiger partial charge in [0.25, 0.3) is 0 Å². The van der Waals surface area contributed by atoms with Crippen molar-refractivity contribution in [2.24, 2.45) is 0 Å². The number of carbonyl (C=O) groups is 1. The lowest BCUT2D eigenvalue weighted by Crippen LogP contribution is -2.37. The van der Waals surface area contributed by atoms with E-state index in [9.17, 15) is 9.18 Å². The summed E-state index contributed by atoms with van der Waals surface area (Å²) >= 11 is 0. The molecule has 2 aromatic carbocycles. The van der Waals surface area contributed by atoms with E-state index >= 15 is 0 Å². The van der Waals surface area contributed by atoms with Gasteiger partial charge in [0.15, 0.2) is 0 Å². The van der Waals surface area contributed by atoms with Crippen LogP contribution in [0.2, 0.25) is 0 Å². The van der Waals surface area contributed by atoms with Crippen molar-refractivity contribution in [2.75, 3.05) is 33.1 Å². The molecule has 0 radical (unpaired) electrons. The number of hydrogen-bond donors (Lipinski definition) is 2. The van der Waals surface area contributed by atoms with Gasteiger partial charge >= 0.3 is 6.03 Å². The largest absolute Gasteiger partial charge is 0.497 e. The SMILES string of the molecule is COc1ccc(C(CNC(=O)Nc2ccc(OC(C)C)cc2F)N(C)C)cc1. The van der Waals surface area contributed by atoms with Gasteiger partial charge < -0.3 is 25.0 Å². The third-order valence-corrected chi connectivity index (χ3v) is 4.14. The first kappa shape index (κ1) is 21.5. The van der Waals surface area contributed by atoms with Crippen molar-refractivity contribution in [3.05, 3.63) is 53.8 Å². The van der Waals surface area contributed by atoms with Gasteiger partial charge in [-0.2, -0.15) is 0 Å². The highest BCUT2D eigenvalue weighted by Gasteiger charge is 2.16. The summed E-state index contributed by atoms with van der Waals surface area (Å²) in [7, 11) is 5.48. The Morgan fingerprint density at radius 2 is 1.75 bits per heavy atom. The van der Waals surface area contributed by atoms with E-state index in [2.05, 4.69) is 10.6 Å². The molecule has 2 N–H and O–H groups in total. The summed E-state index contributed by atoms with van der Waals surface area (Å²) in [4.78, 5) is 14.2. The molecule has 6 nitrogen and oxygen atoms in total. The molecule has 0 heterocycles. The first-order valence-electron chi connectivity index (χ1n) is 9.11. The molecule has 152 valence electrons. The Kier molecular flexibility index (Phi) is 7.63. The van der Waals surface area contributed by atoms with Crippen LogP contribution >= 0.6 is 0 Å². The first-order valence-corrected chi connectivity index (χ1v) is 9.11. The fourth-order valence-corrected chi connectivity index (χ4v) is 2.72. The highest BCUT2D eigenvalue weighted by molar-refractivity contribution is 5.89. The second-order valence-electron chi connectivity index (χ2n) is 6.90. The maximum atomic E-state index is 14.2. The number of likely N-dealkylation sites (N-methyl/N-ethyl adjacent to an activating group) is 1. The summed E-state index contributed by atoms with van der Waals surface area (Å²) in [6.07, 6.45) is -0.0533. The summed E-state index contributed by atoms with van der Waals surface area (Å²) in [6.45, 7) is 4.09. The van der Waals surface area contributed by atoms with Gasteiger partial charge in [-0.05, 0) is 57.8 Å². The zero-order chi connectivity index (χ0) is 20.7. The standard InChI is InChI=1S/C21H28FN3O3/c1-14(2)28-17-10-11-19(18(22)12-17)24-21(26)23-13-20(25(3)4)15-6-8-16(27-5)9-7-15/h6-12,14,20H,13H2,1-5H3,(H2,23,24,26). The fraction of sp³-hybridized carbons (Fsp3) is 0.381. The molecule has 0 aliphatic heterocycles. The Morgan fingerprint density at radius 1 is 1.11 bits per heavy atom. The summed E-state index contributed by atoms with van der Waals surface area (Å²) in [6, 6.07) is 11.5. The lowest BCUT2D eigenvalue weighted by molar-refractivity contribution is 0.240. The van der Waals surface area contributed by atoms with Crippen LogP contribution in [0.4, 0.5) is 14.9 Å². The quantitative estimate of drug-likeness (QED) is 0.715. The van der Waals surface area contributed by atoms with Crippen molar-refractivity contribution in [3.8, 4) is 11.5 Å². The van der Waals surface area contributed by atoms with E-state index < -0.39 is 11.8 Å². The molecule has 0 fully saturated rings. The summed E-state index contributed by atoms with van der Waals surface area (Å²) < 4.78 is 24.8. The van der Waals surface area contributed by atoms with Gasteiger partial charge in [0.05, 0.1) is 24.9 Å². The monoisotopic (exact) mass is 389 g/mol. The van der Waals surface area contributed by atoms with Gasteiger partial charge in [-0.15, -0.1) is 0 Å². The van der Waals surface area contributed by atoms with Crippen molar-refractivity contribution in [3.63, 3.8) is 0 Å². The first-order chi connectivity index (χ1) is 13.3. The Bertz CT molecular complexity index is 779. The van der Waals surface area contributed by atoms with Crippen LogP contribution in [0.15, 0.2) is 42.5 Å². The lowest BCUT2D eigenvalue weighted by Gasteiger charge is -2.25. The van der Waals surface area contributed by atoms with Crippen molar-refractivity contribution >= 4 is 11.7 Å². The zero-order valence-electron chi connectivity index (χ0n) is 17.0. The molecule has 2 rings (SSSR count). The van der Waals surface area contributed by atoms with Gasteiger partial charge in [-0.25, -0.2) is 9.18 Å². The molecule has 2 amide bonds. The summed E-state index contributed by atoms with van der Waals surface area (Å²) in [5.41, 5.74) is 1.13. The number of hydrogen-bond acceptors (Lipinski definition) is 4. The molecule has 0 aliphatic rings.